The van der Waals surface area contributed by atoms with E-state index >= 15 is 0 Å². The zero-order valence-corrected chi connectivity index (χ0v) is 20.4. The first-order valence-corrected chi connectivity index (χ1v) is 12.9. The van der Waals surface area contributed by atoms with Crippen molar-refractivity contribution in [1.82, 2.24) is 0 Å². The van der Waals surface area contributed by atoms with Crippen LogP contribution >= 0.6 is 22.6 Å². The lowest BCUT2D eigenvalue weighted by Gasteiger charge is -2.40. The van der Waals surface area contributed by atoms with Gasteiger partial charge in [0.2, 0.25) is 0 Å². The molecule has 2 atom stereocenters. The first-order chi connectivity index (χ1) is 11.4. The predicted octanol–water partition coefficient (Wildman–Crippen LogP) is 6.42. The first kappa shape index (κ1) is 24.6. The van der Waals surface area contributed by atoms with Gasteiger partial charge in [-0.15, -0.1) is 0 Å². The van der Waals surface area contributed by atoms with Gasteiger partial charge < -0.3 is 9.16 Å². The lowest BCUT2D eigenvalue weighted by Crippen LogP contribution is -2.45. The smallest absolute Gasteiger partial charge is 0.333 e. The van der Waals surface area contributed by atoms with Crippen LogP contribution in [0.4, 0.5) is 0 Å². The monoisotopic (exact) mass is 478 g/mol. The maximum atomic E-state index is 11.7. The molecular formula is C20H35IO3Si. The average Bonchev–Trinajstić information content (AvgIpc) is 2.48. The largest absolute Gasteiger partial charge is 0.466 e. The van der Waals surface area contributed by atoms with Gasteiger partial charge in [0.05, 0.1) is 13.2 Å². The Hall–Kier alpha value is -0.403. The van der Waals surface area contributed by atoms with Crippen LogP contribution in [-0.2, 0) is 14.0 Å². The minimum Gasteiger partial charge on any atom is -0.466 e. The Morgan fingerprint density at radius 3 is 2.24 bits per heavy atom. The van der Waals surface area contributed by atoms with Gasteiger partial charge in [-0.05, 0) is 48.4 Å². The summed E-state index contributed by atoms with van der Waals surface area (Å²) in [6.07, 6.45) is 7.02. The number of methoxy groups -OCH3 is 1. The third-order valence-corrected chi connectivity index (χ3v) is 9.72. The topological polar surface area (TPSA) is 35.5 Å². The summed E-state index contributed by atoms with van der Waals surface area (Å²) in [4.78, 5) is 11.7. The minimum absolute atomic E-state index is 0.0399. The Morgan fingerprint density at radius 1 is 1.24 bits per heavy atom. The second-order valence-electron chi connectivity index (χ2n) is 8.09. The van der Waals surface area contributed by atoms with Gasteiger partial charge in [-0.3, -0.25) is 0 Å². The normalized spacial score (nSPS) is 16.9. The summed E-state index contributed by atoms with van der Waals surface area (Å²) in [7, 11) is -0.491. The Morgan fingerprint density at radius 2 is 1.80 bits per heavy atom. The standard InChI is InChI=1S/C20H35IO3Si/c1-15(12-13-21)14-17(3)18(11-10-16(2)19(22)23-7)24-25(8,9)20(4,5)6/h10,12-14,17-18H,11H2,1-9H3/b13-12-,15-14+,16-10-/t17-,18-/m0/s1. The van der Waals surface area contributed by atoms with Crippen LogP contribution in [0.25, 0.3) is 0 Å². The molecule has 0 spiro atoms. The van der Waals surface area contributed by atoms with Gasteiger partial charge >= 0.3 is 5.97 Å². The number of allylic oxidation sites excluding steroid dienone is 2. The molecule has 0 N–H and O–H groups in total. The number of rotatable bonds is 8. The second kappa shape index (κ2) is 10.7. The van der Waals surface area contributed by atoms with Crippen molar-refractivity contribution < 1.29 is 14.0 Å². The molecule has 0 heterocycles. The van der Waals surface area contributed by atoms with Crippen molar-refractivity contribution in [3.63, 3.8) is 0 Å². The number of carbonyl (C=O) groups is 1. The Kier molecular flexibility index (Phi) is 10.5. The molecule has 0 aliphatic heterocycles. The number of hydrogen-bond acceptors (Lipinski definition) is 3. The van der Waals surface area contributed by atoms with E-state index < -0.39 is 8.32 Å². The lowest BCUT2D eigenvalue weighted by molar-refractivity contribution is -0.136. The van der Waals surface area contributed by atoms with Gasteiger partial charge in [0.25, 0.3) is 0 Å². The number of hydrogen-bond donors (Lipinski definition) is 0. The van der Waals surface area contributed by atoms with Crippen LogP contribution in [0.5, 0.6) is 0 Å². The highest BCUT2D eigenvalue weighted by molar-refractivity contribution is 14.1. The molecule has 0 rings (SSSR count). The lowest BCUT2D eigenvalue weighted by atomic mass is 9.98. The summed E-state index contributed by atoms with van der Waals surface area (Å²) < 4.78 is 13.5. The van der Waals surface area contributed by atoms with Crippen LogP contribution in [0.3, 0.4) is 0 Å². The Balaban J connectivity index is 5.51. The van der Waals surface area contributed by atoms with Crippen LogP contribution in [0, 0.1) is 5.92 Å². The van der Waals surface area contributed by atoms with Crippen LogP contribution in [0.2, 0.25) is 18.1 Å². The maximum Gasteiger partial charge on any atom is 0.333 e. The zero-order chi connectivity index (χ0) is 19.8. The van der Waals surface area contributed by atoms with Gasteiger partial charge in [0.1, 0.15) is 0 Å². The molecular weight excluding hydrogens is 443 g/mol. The summed E-state index contributed by atoms with van der Waals surface area (Å²) in [5, 5.41) is 0.146. The maximum absolute atomic E-state index is 11.7. The quantitative estimate of drug-likeness (QED) is 0.133. The third kappa shape index (κ3) is 8.69. The van der Waals surface area contributed by atoms with Gasteiger partial charge in [-0.1, -0.05) is 74.1 Å². The minimum atomic E-state index is -1.90. The van der Waals surface area contributed by atoms with Gasteiger partial charge in [0, 0.05) is 5.57 Å². The fourth-order valence-electron chi connectivity index (χ4n) is 2.14. The van der Waals surface area contributed by atoms with E-state index in [4.69, 9.17) is 9.16 Å². The van der Waals surface area contributed by atoms with Crippen LogP contribution in [0.1, 0.15) is 48.0 Å². The van der Waals surface area contributed by atoms with E-state index in [1.54, 1.807) is 6.92 Å². The number of halogens is 1. The molecule has 0 aromatic carbocycles. The molecule has 0 aromatic heterocycles. The van der Waals surface area contributed by atoms with E-state index in [2.05, 4.69) is 82.5 Å². The van der Waals surface area contributed by atoms with Crippen molar-refractivity contribution in [3.8, 4) is 0 Å². The summed E-state index contributed by atoms with van der Waals surface area (Å²) in [5.74, 6) is -0.0262. The summed E-state index contributed by atoms with van der Waals surface area (Å²) in [5.41, 5.74) is 1.85. The van der Waals surface area contributed by atoms with Crippen molar-refractivity contribution in [2.75, 3.05) is 7.11 Å². The van der Waals surface area contributed by atoms with E-state index in [0.717, 1.165) is 0 Å². The molecule has 0 bridgehead atoms. The Bertz CT molecular complexity index is 528. The van der Waals surface area contributed by atoms with Crippen molar-refractivity contribution >= 4 is 36.9 Å². The van der Waals surface area contributed by atoms with Crippen molar-refractivity contribution in [3.05, 3.63) is 33.5 Å². The second-order valence-corrected chi connectivity index (χ2v) is 13.6. The van der Waals surface area contributed by atoms with Crippen molar-refractivity contribution in [2.24, 2.45) is 5.92 Å². The first-order valence-electron chi connectivity index (χ1n) is 8.73. The molecule has 0 aliphatic carbocycles. The molecule has 0 saturated carbocycles. The van der Waals surface area contributed by atoms with E-state index in [-0.39, 0.29) is 23.0 Å². The Labute approximate surface area is 169 Å². The van der Waals surface area contributed by atoms with Gasteiger partial charge in [-0.25, -0.2) is 4.79 Å². The summed E-state index contributed by atoms with van der Waals surface area (Å²) in [6.45, 7) is 17.4. The molecule has 0 fully saturated rings. The zero-order valence-electron chi connectivity index (χ0n) is 17.3. The predicted molar refractivity (Wildman–Crippen MR) is 119 cm³/mol. The molecule has 25 heavy (non-hydrogen) atoms. The SMILES string of the molecule is COC(=O)/C(C)=C\C[C@H](O[Si](C)(C)C(C)(C)C)[C@@H](C)/C=C(C)/C=C\I. The molecule has 0 amide bonds. The van der Waals surface area contributed by atoms with Gasteiger partial charge in [0.15, 0.2) is 8.32 Å². The van der Waals surface area contributed by atoms with Crippen molar-refractivity contribution in [2.45, 2.75) is 72.2 Å². The molecule has 0 aliphatic rings. The van der Waals surface area contributed by atoms with E-state index in [0.29, 0.717) is 12.0 Å². The van der Waals surface area contributed by atoms with Crippen LogP contribution < -0.4 is 0 Å². The van der Waals surface area contributed by atoms with E-state index in [1.165, 1.54) is 12.7 Å². The molecule has 5 heteroatoms. The van der Waals surface area contributed by atoms with E-state index in [9.17, 15) is 4.79 Å². The summed E-state index contributed by atoms with van der Waals surface area (Å²) >= 11 is 2.23. The highest BCUT2D eigenvalue weighted by Gasteiger charge is 2.39. The molecule has 0 aromatic rings. The number of carbonyl (C=O) groups excluding carboxylic acids is 1. The number of esters is 1. The average molecular weight is 478 g/mol. The molecule has 0 unspecified atom stereocenters. The molecule has 0 radical (unpaired) electrons. The highest BCUT2D eigenvalue weighted by atomic mass is 127. The fourth-order valence-corrected chi connectivity index (χ4v) is 4.13. The molecule has 3 nitrogen and oxygen atoms in total. The van der Waals surface area contributed by atoms with Crippen LogP contribution in [0.15, 0.2) is 33.5 Å². The number of ether oxygens (including phenoxy) is 1. The van der Waals surface area contributed by atoms with E-state index in [1.807, 2.05) is 10.2 Å². The van der Waals surface area contributed by atoms with Crippen molar-refractivity contribution in [1.29, 1.82) is 0 Å². The highest BCUT2D eigenvalue weighted by Crippen LogP contribution is 2.38. The van der Waals surface area contributed by atoms with Crippen LogP contribution in [-0.4, -0.2) is 27.5 Å². The molecule has 144 valence electrons. The summed E-state index contributed by atoms with van der Waals surface area (Å²) in [6, 6.07) is 0. The molecule has 0 saturated heterocycles. The fraction of sp³-hybridized carbons (Fsp3) is 0.650. The third-order valence-electron chi connectivity index (χ3n) is 4.85. The van der Waals surface area contributed by atoms with Gasteiger partial charge in [-0.2, -0.15) is 0 Å².